The maximum absolute atomic E-state index is 12.4. The fraction of sp³-hybridized carbons (Fsp3) is 0.111. The zero-order valence-electron chi connectivity index (χ0n) is 12.4. The summed E-state index contributed by atoms with van der Waals surface area (Å²) in [4.78, 5) is 15.6. The van der Waals surface area contributed by atoms with Crippen molar-refractivity contribution in [3.63, 3.8) is 0 Å². The standard InChI is InChI=1S/C18H13N3O2/c1-10-9-20-14-7-6-13-16(15(10)14)23-18(21-17(13)22)12-4-2-11(8-19)3-5-12/h2-7,9,18,20H,1H3,(H,21,22). The van der Waals surface area contributed by atoms with Gasteiger partial charge >= 0.3 is 0 Å². The summed E-state index contributed by atoms with van der Waals surface area (Å²) in [6.45, 7) is 1.98. The molecule has 0 bridgehead atoms. The molecule has 1 aliphatic heterocycles. The highest BCUT2D eigenvalue weighted by molar-refractivity contribution is 6.05. The van der Waals surface area contributed by atoms with E-state index in [2.05, 4.69) is 16.4 Å². The molecule has 0 saturated carbocycles. The number of aromatic nitrogens is 1. The number of aryl methyl sites for hydroxylation is 1. The Morgan fingerprint density at radius 1 is 1.17 bits per heavy atom. The number of nitriles is 1. The number of rotatable bonds is 1. The van der Waals surface area contributed by atoms with Gasteiger partial charge in [-0.3, -0.25) is 4.79 Å². The number of nitrogens with zero attached hydrogens (tertiary/aromatic N) is 1. The third-order valence-corrected chi connectivity index (χ3v) is 4.08. The molecule has 1 aromatic heterocycles. The van der Waals surface area contributed by atoms with E-state index >= 15 is 0 Å². The lowest BCUT2D eigenvalue weighted by molar-refractivity contribution is 0.0761. The third-order valence-electron chi connectivity index (χ3n) is 4.08. The fourth-order valence-corrected chi connectivity index (χ4v) is 2.88. The van der Waals surface area contributed by atoms with Crippen molar-refractivity contribution in [3.05, 3.63) is 64.8 Å². The van der Waals surface area contributed by atoms with Crippen molar-refractivity contribution in [1.82, 2.24) is 10.3 Å². The Labute approximate surface area is 132 Å². The van der Waals surface area contributed by atoms with Crippen molar-refractivity contribution < 1.29 is 9.53 Å². The van der Waals surface area contributed by atoms with Crippen molar-refractivity contribution in [2.24, 2.45) is 0 Å². The third kappa shape index (κ3) is 2.04. The van der Waals surface area contributed by atoms with E-state index in [1.807, 2.05) is 19.2 Å². The summed E-state index contributed by atoms with van der Waals surface area (Å²) < 4.78 is 6.08. The van der Waals surface area contributed by atoms with E-state index in [1.165, 1.54) is 0 Å². The lowest BCUT2D eigenvalue weighted by Crippen LogP contribution is -2.36. The van der Waals surface area contributed by atoms with Gasteiger partial charge in [-0.15, -0.1) is 0 Å². The summed E-state index contributed by atoms with van der Waals surface area (Å²) in [5.74, 6) is 0.433. The van der Waals surface area contributed by atoms with Crippen LogP contribution in [0.25, 0.3) is 10.9 Å². The Morgan fingerprint density at radius 2 is 1.96 bits per heavy atom. The van der Waals surface area contributed by atoms with Gasteiger partial charge in [0.05, 0.1) is 17.2 Å². The number of amides is 1. The highest BCUT2D eigenvalue weighted by Gasteiger charge is 2.29. The number of hydrogen-bond acceptors (Lipinski definition) is 3. The summed E-state index contributed by atoms with van der Waals surface area (Å²) in [7, 11) is 0. The molecule has 4 rings (SSSR count). The van der Waals surface area contributed by atoms with E-state index in [4.69, 9.17) is 10.00 Å². The van der Waals surface area contributed by atoms with Crippen molar-refractivity contribution >= 4 is 16.8 Å². The van der Waals surface area contributed by atoms with E-state index in [1.54, 1.807) is 30.3 Å². The second kappa shape index (κ2) is 4.89. The summed E-state index contributed by atoms with van der Waals surface area (Å²) in [5, 5.41) is 12.7. The molecule has 3 aromatic rings. The van der Waals surface area contributed by atoms with Gasteiger partial charge in [0.15, 0.2) is 6.23 Å². The molecule has 0 radical (unpaired) electrons. The molecule has 5 heteroatoms. The van der Waals surface area contributed by atoms with Gasteiger partial charge in [0.1, 0.15) is 5.75 Å². The second-order valence-corrected chi connectivity index (χ2v) is 5.54. The number of ether oxygens (including phenoxy) is 1. The molecule has 112 valence electrons. The fourth-order valence-electron chi connectivity index (χ4n) is 2.88. The van der Waals surface area contributed by atoms with Gasteiger partial charge in [0, 0.05) is 22.7 Å². The summed E-state index contributed by atoms with van der Waals surface area (Å²) in [5.41, 5.74) is 3.87. The Hall–Kier alpha value is -3.26. The molecular weight excluding hydrogens is 290 g/mol. The highest BCUT2D eigenvalue weighted by Crippen LogP contribution is 2.37. The van der Waals surface area contributed by atoms with Gasteiger partial charge in [0.2, 0.25) is 0 Å². The van der Waals surface area contributed by atoms with Gasteiger partial charge < -0.3 is 15.0 Å². The predicted molar refractivity (Wildman–Crippen MR) is 85.0 cm³/mol. The van der Waals surface area contributed by atoms with Gasteiger partial charge in [-0.1, -0.05) is 12.1 Å². The number of H-pyrrole nitrogens is 1. The highest BCUT2D eigenvalue weighted by atomic mass is 16.5. The van der Waals surface area contributed by atoms with E-state index in [0.717, 1.165) is 22.0 Å². The number of nitrogens with one attached hydrogen (secondary N) is 2. The van der Waals surface area contributed by atoms with Crippen LogP contribution >= 0.6 is 0 Å². The first kappa shape index (κ1) is 13.4. The summed E-state index contributed by atoms with van der Waals surface area (Å²) in [6.07, 6.45) is 1.33. The molecule has 1 atom stereocenters. The maximum atomic E-state index is 12.4. The van der Waals surface area contributed by atoms with Crippen molar-refractivity contribution in [2.45, 2.75) is 13.2 Å². The van der Waals surface area contributed by atoms with Gasteiger partial charge in [-0.25, -0.2) is 0 Å². The number of carbonyl (C=O) groups excluding carboxylic acids is 1. The van der Waals surface area contributed by atoms with Crippen LogP contribution in [0.15, 0.2) is 42.6 Å². The maximum Gasteiger partial charge on any atom is 0.258 e. The average molecular weight is 303 g/mol. The van der Waals surface area contributed by atoms with Crippen LogP contribution in [0, 0.1) is 18.3 Å². The number of carbonyl (C=O) groups is 1. The first-order valence-corrected chi connectivity index (χ1v) is 7.25. The lowest BCUT2D eigenvalue weighted by atomic mass is 10.0. The minimum atomic E-state index is -0.567. The molecule has 0 fully saturated rings. The molecule has 1 aliphatic rings. The molecule has 2 heterocycles. The van der Waals surface area contributed by atoms with Gasteiger partial charge in [-0.2, -0.15) is 5.26 Å². The number of hydrogen-bond donors (Lipinski definition) is 2. The second-order valence-electron chi connectivity index (χ2n) is 5.54. The van der Waals surface area contributed by atoms with Crippen LogP contribution in [0.4, 0.5) is 0 Å². The van der Waals surface area contributed by atoms with Crippen LogP contribution < -0.4 is 10.1 Å². The van der Waals surface area contributed by atoms with Crippen molar-refractivity contribution in [3.8, 4) is 11.8 Å². The Balaban J connectivity index is 1.81. The summed E-state index contributed by atoms with van der Waals surface area (Å²) >= 11 is 0. The van der Waals surface area contributed by atoms with E-state index in [0.29, 0.717) is 16.9 Å². The van der Waals surface area contributed by atoms with Crippen LogP contribution in [-0.4, -0.2) is 10.9 Å². The number of fused-ring (bicyclic) bond motifs is 3. The Bertz CT molecular complexity index is 964. The van der Waals surface area contributed by atoms with Crippen LogP contribution in [0.1, 0.15) is 33.3 Å². The largest absolute Gasteiger partial charge is 0.465 e. The van der Waals surface area contributed by atoms with E-state index in [9.17, 15) is 4.79 Å². The minimum absolute atomic E-state index is 0.164. The lowest BCUT2D eigenvalue weighted by Gasteiger charge is -2.27. The molecule has 23 heavy (non-hydrogen) atoms. The first-order valence-electron chi connectivity index (χ1n) is 7.25. The van der Waals surface area contributed by atoms with Crippen LogP contribution in [0.3, 0.4) is 0 Å². The molecule has 1 unspecified atom stereocenters. The van der Waals surface area contributed by atoms with Gasteiger partial charge in [-0.05, 0) is 36.8 Å². The van der Waals surface area contributed by atoms with E-state index < -0.39 is 6.23 Å². The minimum Gasteiger partial charge on any atom is -0.465 e. The quantitative estimate of drug-likeness (QED) is 0.725. The SMILES string of the molecule is Cc1c[nH]c2ccc3c(c12)OC(c1ccc(C#N)cc1)NC3=O. The molecular formula is C18H13N3O2. The molecule has 0 saturated heterocycles. The monoisotopic (exact) mass is 303 g/mol. The van der Waals surface area contributed by atoms with E-state index in [-0.39, 0.29) is 5.91 Å². The molecule has 0 spiro atoms. The zero-order valence-corrected chi connectivity index (χ0v) is 12.4. The smallest absolute Gasteiger partial charge is 0.258 e. The molecule has 5 nitrogen and oxygen atoms in total. The Morgan fingerprint density at radius 3 is 2.70 bits per heavy atom. The molecule has 1 amide bonds. The van der Waals surface area contributed by atoms with Crippen LogP contribution in [0.2, 0.25) is 0 Å². The molecule has 0 aliphatic carbocycles. The number of benzene rings is 2. The normalized spacial score (nSPS) is 16.3. The zero-order chi connectivity index (χ0) is 16.0. The predicted octanol–water partition coefficient (Wildman–Crippen LogP) is 3.17. The molecule has 2 aromatic carbocycles. The van der Waals surface area contributed by atoms with Crippen LogP contribution in [-0.2, 0) is 0 Å². The molecule has 2 N–H and O–H groups in total. The topological polar surface area (TPSA) is 77.9 Å². The van der Waals surface area contributed by atoms with Crippen LogP contribution in [0.5, 0.6) is 5.75 Å². The van der Waals surface area contributed by atoms with Crippen molar-refractivity contribution in [2.75, 3.05) is 0 Å². The Kier molecular flexibility index (Phi) is 2.85. The van der Waals surface area contributed by atoms with Crippen molar-refractivity contribution in [1.29, 1.82) is 5.26 Å². The number of aromatic amines is 1. The summed E-state index contributed by atoms with van der Waals surface area (Å²) in [6, 6.07) is 12.7. The van der Waals surface area contributed by atoms with Gasteiger partial charge in [0.25, 0.3) is 5.91 Å². The first-order chi connectivity index (χ1) is 11.2. The average Bonchev–Trinajstić information content (AvgIpc) is 2.96.